The lowest BCUT2D eigenvalue weighted by Crippen LogP contribution is -2.41. The highest BCUT2D eigenvalue weighted by atomic mass is 16.5. The van der Waals surface area contributed by atoms with Crippen LogP contribution in [0.15, 0.2) is 0 Å². The molecule has 1 aliphatic carbocycles. The van der Waals surface area contributed by atoms with Gasteiger partial charge in [-0.25, -0.2) is 0 Å². The number of carbonyl (C=O) groups is 1. The Bertz CT molecular complexity index is 261. The van der Waals surface area contributed by atoms with Crippen molar-refractivity contribution in [1.82, 2.24) is 4.90 Å². The van der Waals surface area contributed by atoms with Gasteiger partial charge in [0, 0.05) is 18.9 Å². The Labute approximate surface area is 111 Å². The molecule has 2 unspecified atom stereocenters. The standard InChI is InChI=1S/C15H27NO2/c1-2-15(17)18-14-9-5-4-8-13(14)12-16-10-6-3-7-11-16/h13-14H,2-12H2,1H3. The molecule has 2 rings (SSSR count). The van der Waals surface area contributed by atoms with E-state index in [1.165, 1.54) is 51.6 Å². The molecule has 0 aromatic heterocycles. The van der Waals surface area contributed by atoms with Gasteiger partial charge < -0.3 is 9.64 Å². The minimum Gasteiger partial charge on any atom is -0.462 e. The Morgan fingerprint density at radius 1 is 1.11 bits per heavy atom. The van der Waals surface area contributed by atoms with Gasteiger partial charge >= 0.3 is 5.97 Å². The van der Waals surface area contributed by atoms with Gasteiger partial charge in [-0.2, -0.15) is 0 Å². The molecule has 2 aliphatic rings. The van der Waals surface area contributed by atoms with Crippen LogP contribution in [0.5, 0.6) is 0 Å². The van der Waals surface area contributed by atoms with Crippen LogP contribution in [0, 0.1) is 5.92 Å². The lowest BCUT2D eigenvalue weighted by Gasteiger charge is -2.36. The van der Waals surface area contributed by atoms with E-state index in [2.05, 4.69) is 4.90 Å². The molecule has 104 valence electrons. The minimum absolute atomic E-state index is 0.0226. The smallest absolute Gasteiger partial charge is 0.305 e. The van der Waals surface area contributed by atoms with Gasteiger partial charge in [0.15, 0.2) is 0 Å². The first-order valence-corrected chi connectivity index (χ1v) is 7.71. The molecule has 1 aliphatic heterocycles. The SMILES string of the molecule is CCC(=O)OC1CCCCC1CN1CCCCC1. The number of hydrogen-bond donors (Lipinski definition) is 0. The van der Waals surface area contributed by atoms with Crippen molar-refractivity contribution < 1.29 is 9.53 Å². The Kier molecular flexibility index (Phi) is 5.48. The van der Waals surface area contributed by atoms with Crippen LogP contribution >= 0.6 is 0 Å². The third kappa shape index (κ3) is 3.98. The van der Waals surface area contributed by atoms with Gasteiger partial charge in [-0.15, -0.1) is 0 Å². The van der Waals surface area contributed by atoms with E-state index in [9.17, 15) is 4.79 Å². The molecule has 1 saturated heterocycles. The molecule has 0 aromatic rings. The van der Waals surface area contributed by atoms with Crippen LogP contribution in [0.2, 0.25) is 0 Å². The molecular formula is C15H27NO2. The van der Waals surface area contributed by atoms with Gasteiger partial charge in [0.2, 0.25) is 0 Å². The van der Waals surface area contributed by atoms with Crippen molar-refractivity contribution in [3.63, 3.8) is 0 Å². The van der Waals surface area contributed by atoms with Crippen LogP contribution in [-0.4, -0.2) is 36.6 Å². The van der Waals surface area contributed by atoms with Gasteiger partial charge in [-0.1, -0.05) is 19.8 Å². The average molecular weight is 253 g/mol. The third-order valence-corrected chi connectivity index (χ3v) is 4.35. The molecule has 0 bridgehead atoms. The summed E-state index contributed by atoms with van der Waals surface area (Å²) in [7, 11) is 0. The van der Waals surface area contributed by atoms with Gasteiger partial charge in [0.05, 0.1) is 0 Å². The minimum atomic E-state index is -0.0226. The van der Waals surface area contributed by atoms with Crippen molar-refractivity contribution in [3.8, 4) is 0 Å². The quantitative estimate of drug-likeness (QED) is 0.721. The normalized spacial score (nSPS) is 30.1. The zero-order chi connectivity index (χ0) is 12.8. The van der Waals surface area contributed by atoms with Crippen molar-refractivity contribution >= 4 is 5.97 Å². The molecule has 1 saturated carbocycles. The second-order valence-electron chi connectivity index (χ2n) is 5.79. The molecule has 1 heterocycles. The summed E-state index contributed by atoms with van der Waals surface area (Å²) in [5.74, 6) is 0.554. The van der Waals surface area contributed by atoms with Gasteiger partial charge in [-0.05, 0) is 45.2 Å². The molecule has 0 amide bonds. The number of hydrogen-bond acceptors (Lipinski definition) is 3. The summed E-state index contributed by atoms with van der Waals surface area (Å²) in [5, 5.41) is 0. The summed E-state index contributed by atoms with van der Waals surface area (Å²) in [6, 6.07) is 0. The fraction of sp³-hybridized carbons (Fsp3) is 0.933. The maximum atomic E-state index is 11.5. The first-order valence-electron chi connectivity index (χ1n) is 7.71. The predicted molar refractivity (Wildman–Crippen MR) is 72.4 cm³/mol. The van der Waals surface area contributed by atoms with Crippen molar-refractivity contribution in [2.24, 2.45) is 5.92 Å². The van der Waals surface area contributed by atoms with E-state index in [1.54, 1.807) is 0 Å². The molecule has 0 N–H and O–H groups in total. The van der Waals surface area contributed by atoms with Crippen molar-refractivity contribution in [2.45, 2.75) is 64.4 Å². The number of carbonyl (C=O) groups excluding carboxylic acids is 1. The van der Waals surface area contributed by atoms with Crippen LogP contribution in [0.3, 0.4) is 0 Å². The average Bonchev–Trinajstić information content (AvgIpc) is 2.42. The fourth-order valence-electron chi connectivity index (χ4n) is 3.26. The zero-order valence-corrected chi connectivity index (χ0v) is 11.7. The maximum Gasteiger partial charge on any atom is 0.305 e. The molecule has 2 atom stereocenters. The molecular weight excluding hydrogens is 226 g/mol. The van der Waals surface area contributed by atoms with Crippen LogP contribution in [0.4, 0.5) is 0 Å². The van der Waals surface area contributed by atoms with Crippen molar-refractivity contribution in [3.05, 3.63) is 0 Å². The highest BCUT2D eigenvalue weighted by molar-refractivity contribution is 5.69. The highest BCUT2D eigenvalue weighted by Crippen LogP contribution is 2.28. The Balaban J connectivity index is 1.84. The van der Waals surface area contributed by atoms with E-state index in [-0.39, 0.29) is 12.1 Å². The van der Waals surface area contributed by atoms with Crippen LogP contribution in [-0.2, 0) is 9.53 Å². The molecule has 0 aromatic carbocycles. The van der Waals surface area contributed by atoms with E-state index in [1.807, 2.05) is 6.92 Å². The number of rotatable bonds is 4. The van der Waals surface area contributed by atoms with Crippen LogP contribution in [0.1, 0.15) is 58.3 Å². The summed E-state index contributed by atoms with van der Waals surface area (Å²) in [6.45, 7) is 5.50. The third-order valence-electron chi connectivity index (χ3n) is 4.35. The zero-order valence-electron chi connectivity index (χ0n) is 11.7. The van der Waals surface area contributed by atoms with Gasteiger partial charge in [0.25, 0.3) is 0 Å². The maximum absolute atomic E-state index is 11.5. The topological polar surface area (TPSA) is 29.5 Å². The Morgan fingerprint density at radius 3 is 2.56 bits per heavy atom. The van der Waals surface area contributed by atoms with Crippen molar-refractivity contribution in [2.75, 3.05) is 19.6 Å². The van der Waals surface area contributed by atoms with Crippen molar-refractivity contribution in [1.29, 1.82) is 0 Å². The van der Waals surface area contributed by atoms with E-state index < -0.39 is 0 Å². The van der Waals surface area contributed by atoms with Crippen LogP contribution < -0.4 is 0 Å². The first kappa shape index (κ1) is 13.9. The van der Waals surface area contributed by atoms with Gasteiger partial charge in [0.1, 0.15) is 6.10 Å². The monoisotopic (exact) mass is 253 g/mol. The number of piperidine rings is 1. The van der Waals surface area contributed by atoms with E-state index >= 15 is 0 Å². The number of ether oxygens (including phenoxy) is 1. The summed E-state index contributed by atoms with van der Waals surface area (Å²) < 4.78 is 5.63. The summed E-state index contributed by atoms with van der Waals surface area (Å²) >= 11 is 0. The first-order chi connectivity index (χ1) is 8.79. The Morgan fingerprint density at radius 2 is 1.83 bits per heavy atom. The molecule has 0 spiro atoms. The highest BCUT2D eigenvalue weighted by Gasteiger charge is 2.29. The Hall–Kier alpha value is -0.570. The second kappa shape index (κ2) is 7.13. The number of nitrogens with zero attached hydrogens (tertiary/aromatic N) is 1. The number of esters is 1. The molecule has 18 heavy (non-hydrogen) atoms. The summed E-state index contributed by atoms with van der Waals surface area (Å²) in [4.78, 5) is 14.1. The summed E-state index contributed by atoms with van der Waals surface area (Å²) in [6.07, 6.45) is 9.59. The second-order valence-corrected chi connectivity index (χ2v) is 5.79. The molecule has 2 fully saturated rings. The fourth-order valence-corrected chi connectivity index (χ4v) is 3.26. The lowest BCUT2D eigenvalue weighted by molar-refractivity contribution is -0.153. The largest absolute Gasteiger partial charge is 0.462 e. The van der Waals surface area contributed by atoms with Crippen LogP contribution in [0.25, 0.3) is 0 Å². The molecule has 0 radical (unpaired) electrons. The van der Waals surface area contributed by atoms with Gasteiger partial charge in [-0.3, -0.25) is 4.79 Å². The summed E-state index contributed by atoms with van der Waals surface area (Å²) in [5.41, 5.74) is 0. The number of likely N-dealkylation sites (tertiary alicyclic amines) is 1. The lowest BCUT2D eigenvalue weighted by atomic mass is 9.85. The molecule has 3 heteroatoms. The van der Waals surface area contributed by atoms with E-state index in [0.717, 1.165) is 13.0 Å². The van der Waals surface area contributed by atoms with E-state index in [4.69, 9.17) is 4.74 Å². The molecule has 3 nitrogen and oxygen atoms in total. The van der Waals surface area contributed by atoms with E-state index in [0.29, 0.717) is 12.3 Å². The predicted octanol–water partition coefficient (Wildman–Crippen LogP) is 2.98.